The van der Waals surface area contributed by atoms with Crippen LogP contribution in [-0.2, 0) is 70.1 Å². The van der Waals surface area contributed by atoms with E-state index >= 15 is 31.1 Å². The van der Waals surface area contributed by atoms with Gasteiger partial charge in [0.1, 0.15) is 109 Å². The molecular weight excluding hydrogens is 1710 g/mol. The molecule has 6 unspecified atom stereocenters. The van der Waals surface area contributed by atoms with Gasteiger partial charge in [0.05, 0.1) is 22.3 Å². The van der Waals surface area contributed by atoms with Gasteiger partial charge in [0, 0.05) is 18.6 Å². The van der Waals surface area contributed by atoms with Crippen molar-refractivity contribution in [2.24, 2.45) is 0 Å². The van der Waals surface area contributed by atoms with Gasteiger partial charge in [0.2, 0.25) is 34.9 Å². The minimum absolute atomic E-state index is 0.00664. The van der Waals surface area contributed by atoms with Gasteiger partial charge in [-0.15, -0.1) is 0 Å². The van der Waals surface area contributed by atoms with Gasteiger partial charge < -0.3 is 87.4 Å². The molecule has 39 nitrogen and oxygen atoms in total. The molecule has 3 fully saturated rings. The Bertz CT molecular complexity index is 5730. The van der Waals surface area contributed by atoms with Crippen LogP contribution in [0.1, 0.15) is 109 Å². The van der Waals surface area contributed by atoms with Gasteiger partial charge in [0.15, 0.2) is 48.1 Å². The monoisotopic (exact) mass is 1810 g/mol. The largest absolute Gasteiger partial charge is 0.462 e. The number of aliphatic hydroxyl groups is 3. The highest BCUT2D eigenvalue weighted by molar-refractivity contribution is 7.52. The molecule has 0 spiro atoms. The van der Waals surface area contributed by atoms with Crippen LogP contribution in [0.5, 0.6) is 17.2 Å². The highest BCUT2D eigenvalue weighted by Crippen LogP contribution is 2.58. The van der Waals surface area contributed by atoms with Gasteiger partial charge in [-0.1, -0.05) is 54.6 Å². The molecular formula is C76H94F6N15O24P3. The van der Waals surface area contributed by atoms with Crippen molar-refractivity contribution in [3.05, 3.63) is 159 Å². The lowest BCUT2D eigenvalue weighted by atomic mass is 9.89. The van der Waals surface area contributed by atoms with Crippen molar-refractivity contribution < 1.29 is 125 Å². The lowest BCUT2D eigenvalue weighted by molar-refractivity contribution is -0.150. The lowest BCUT2D eigenvalue weighted by Crippen LogP contribution is -2.51. The molecule has 3 saturated heterocycles. The number of ether oxygens (including phenoxy) is 6. The number of nitrogens with zero attached hydrogens (tertiary/aromatic N) is 6. The molecule has 0 aliphatic carbocycles. The normalized spacial score (nSPS) is 25.8. The third-order valence-corrected chi connectivity index (χ3v) is 25.9. The Morgan fingerprint density at radius 3 is 1.02 bits per heavy atom. The third kappa shape index (κ3) is 19.2. The second-order valence-electron chi connectivity index (χ2n) is 31.7. The predicted octanol–water partition coefficient (Wildman–Crippen LogP) is 9.03. The van der Waals surface area contributed by atoms with Crippen molar-refractivity contribution in [3.8, 4) is 17.2 Å². The van der Waals surface area contributed by atoms with Crippen LogP contribution in [0, 0.1) is 0 Å². The minimum Gasteiger partial charge on any atom is -0.462 e. The smallest absolute Gasteiger partial charge is 0.460 e. The minimum atomic E-state index is -5.11. The molecule has 3 aliphatic rings. The van der Waals surface area contributed by atoms with Crippen LogP contribution in [0.2, 0.25) is 0 Å². The second kappa shape index (κ2) is 35.7. The summed E-state index contributed by atoms with van der Waals surface area (Å²) in [6.07, 6.45) is -19.7. The molecule has 3 aliphatic heterocycles. The van der Waals surface area contributed by atoms with Crippen molar-refractivity contribution >= 4 is 92.1 Å². The summed E-state index contributed by atoms with van der Waals surface area (Å²) in [5.41, 5.74) is -14.3. The van der Waals surface area contributed by atoms with Crippen molar-refractivity contribution in [2.75, 3.05) is 36.4 Å². The summed E-state index contributed by atoms with van der Waals surface area (Å²) < 4.78 is 216. The number of fused-ring (bicyclic) bond motifs is 3. The first-order chi connectivity index (χ1) is 58.1. The van der Waals surface area contributed by atoms with E-state index in [4.69, 9.17) is 61.3 Å². The molecule has 20 atom stereocenters. The van der Waals surface area contributed by atoms with Gasteiger partial charge in [0.25, 0.3) is 16.7 Å². The molecule has 0 saturated carbocycles. The zero-order valence-corrected chi connectivity index (χ0v) is 71.4. The predicted molar refractivity (Wildman–Crippen MR) is 432 cm³/mol. The van der Waals surface area contributed by atoms with Gasteiger partial charge >= 0.3 is 41.1 Å². The Labute approximate surface area is 701 Å². The Morgan fingerprint density at radius 2 is 0.742 bits per heavy atom. The van der Waals surface area contributed by atoms with E-state index in [0.717, 1.165) is 59.1 Å². The van der Waals surface area contributed by atoms with Crippen molar-refractivity contribution in [3.63, 3.8) is 0 Å². The first kappa shape index (κ1) is 93.1. The number of nitrogens with one attached hydrogen (secondary N) is 8. The van der Waals surface area contributed by atoms with Crippen LogP contribution in [0.3, 0.4) is 0 Å². The number of hydrogen-bond acceptors (Lipinski definition) is 30. The fourth-order valence-corrected chi connectivity index (χ4v) is 19.9. The van der Waals surface area contributed by atoms with Crippen LogP contribution < -0.4 is 61.9 Å². The number of para-hydroxylation sites is 3. The Hall–Kier alpha value is -10.1. The van der Waals surface area contributed by atoms with Crippen LogP contribution in [-0.4, -0.2) is 204 Å². The Kier molecular flexibility index (Phi) is 26.8. The lowest BCUT2D eigenvalue weighted by Gasteiger charge is -2.36. The van der Waals surface area contributed by atoms with Crippen LogP contribution >= 0.6 is 23.2 Å². The summed E-state index contributed by atoms with van der Waals surface area (Å²) in [7, 11) is -14.9. The molecule has 0 amide bonds. The molecule has 13 N–H and O–H groups in total. The molecule has 12 rings (SSSR count). The summed E-state index contributed by atoms with van der Waals surface area (Å²) in [5, 5.41) is 47.3. The number of benzene rings is 3. The molecule has 0 bridgehead atoms. The van der Waals surface area contributed by atoms with Gasteiger partial charge in [-0.05, 0) is 145 Å². The van der Waals surface area contributed by atoms with Gasteiger partial charge in [-0.25, -0.2) is 40.0 Å². The molecule has 48 heteroatoms. The number of rotatable bonds is 37. The first-order valence-electron chi connectivity index (χ1n) is 38.6. The third-order valence-electron chi connectivity index (χ3n) is 20.3. The van der Waals surface area contributed by atoms with Crippen LogP contribution in [0.15, 0.2) is 142 Å². The molecule has 3 aromatic carbocycles. The number of aliphatic hydroxyl groups excluding tert-OH is 3. The highest BCUT2D eigenvalue weighted by Gasteiger charge is 2.67. The van der Waals surface area contributed by atoms with E-state index in [1.165, 1.54) is 128 Å². The number of aromatic nitrogens is 9. The summed E-state index contributed by atoms with van der Waals surface area (Å²) in [6, 6.07) is 20.9. The van der Waals surface area contributed by atoms with Crippen molar-refractivity contribution in [2.45, 2.75) is 216 Å². The van der Waals surface area contributed by atoms with Crippen LogP contribution in [0.25, 0.3) is 33.1 Å². The standard InChI is InChI=1S/C76H94F6N15O24P3/c1-38(2)110-62(104)39(3)92-122(107,116-44-23-17-14-18-24-44)119-72(10,11)54-51(99)75(81,36-78)66(114-54)96-33-30-48-57(96)87-69(90-60(48)102)85-43(7)112-64(106)41(5)94-124(109,118-46-27-21-16-22-28-46)121-73(12,13)55-52(100)76(82,37-79)67(115-55)97-34-31-49-58(97)88-70(91-61(49)103)84-42(6)111-63(105)40(4)93-123(108,117-45-25-19-15-20-26-45)120-71(8,9)53-50(98)74(80,35-77)65(113-53)95-32-29-47-56(95)86-68(83)89-59(47)101/h14-34,38-43,50-55,65-67,98-100H,35-37H2,1-13H3,(H,92,107)(H,93,108)(H,94,109)(H3,83,86,89,101)(H2,84,88,91,103)(H2,85,87,90,102)/t39-,40-,41-,42?,43?,50?,51?,52?,53-,54-,55-,65+,66+,67+,74+,75+,76+,122?,123-,124+/m0/s1. The fourth-order valence-electron chi connectivity index (χ4n) is 14.3. The number of esters is 3. The highest BCUT2D eigenvalue weighted by atomic mass is 31.2. The SMILES string of the molecule is CC(C)OC(=O)[C@H](C)NP(=O)(Oc1ccccc1)OC(C)(C)[C@H]1O[C@@H](n2ccc3c(=O)[nH]c(NC(C)OC(=O)[C@H](C)N[P@@](=O)(Oc4ccccc4)OC(C)(C)[C@H]4O[C@@H](n5ccc6c(=O)[nH]c(NC(C)OC(=O)[C@H](C)N[P@](=O)(Oc7ccccc7)OC(C)(C)[C@H]7O[C@@H](n8ccc9c(=O)[nH]c(N)nc98)[C@@](F)(CF)C7O)nc65)[C@@](F)(CF)C4O)nc32)[C@@](F)(CF)C1O. The average molecular weight is 1810 g/mol. The van der Waals surface area contributed by atoms with Crippen LogP contribution in [0.4, 0.5) is 44.2 Å². The number of H-pyrrole nitrogens is 3. The quantitative estimate of drug-likeness (QED) is 0.00567. The summed E-state index contributed by atoms with van der Waals surface area (Å²) in [4.78, 5) is 101. The maximum atomic E-state index is 17.6. The first-order valence-corrected chi connectivity index (χ1v) is 43.2. The van der Waals surface area contributed by atoms with E-state index in [9.17, 15) is 53.0 Å². The van der Waals surface area contributed by atoms with E-state index in [1.54, 1.807) is 44.2 Å². The van der Waals surface area contributed by atoms with E-state index in [1.807, 2.05) is 0 Å². The number of carbonyl (C=O) groups is 3. The number of halogens is 6. The van der Waals surface area contributed by atoms with E-state index < -0.39 is 221 Å². The maximum Gasteiger partial charge on any atom is 0.460 e. The zero-order chi connectivity index (χ0) is 90.5. The van der Waals surface area contributed by atoms with Crippen molar-refractivity contribution in [1.29, 1.82) is 0 Å². The number of aromatic amines is 3. The fraction of sp³-hybridized carbons (Fsp3) is 0.487. The topological polar surface area (TPSA) is 512 Å². The second-order valence-corrected chi connectivity index (χ2v) is 36.5. The van der Waals surface area contributed by atoms with Gasteiger partial charge in [-0.2, -0.15) is 30.2 Å². The zero-order valence-electron chi connectivity index (χ0n) is 68.7. The molecule has 9 aromatic rings. The maximum absolute atomic E-state index is 17.6. The Balaban J connectivity index is 0.714. The van der Waals surface area contributed by atoms with E-state index in [0.29, 0.717) is 0 Å². The number of nitrogens with two attached hydrogens (primary N) is 1. The summed E-state index contributed by atoms with van der Waals surface area (Å²) in [6.45, 7) is 10.8. The van der Waals surface area contributed by atoms with Crippen molar-refractivity contribution in [1.82, 2.24) is 58.9 Å². The van der Waals surface area contributed by atoms with E-state index in [-0.39, 0.29) is 50.6 Å². The molecule has 6 aromatic heterocycles. The number of hydrogen-bond donors (Lipinski definition) is 12. The average Bonchev–Trinajstić information content (AvgIpc) is 1.58. The summed E-state index contributed by atoms with van der Waals surface area (Å²) in [5.74, 6) is -4.81. The summed E-state index contributed by atoms with van der Waals surface area (Å²) >= 11 is 0. The molecule has 0 radical (unpaired) electrons. The number of nitrogen functional groups attached to an aromatic ring is 1. The molecule has 674 valence electrons. The molecule has 9 heterocycles. The molecule has 124 heavy (non-hydrogen) atoms. The number of alkyl halides is 6. The van der Waals surface area contributed by atoms with E-state index in [2.05, 4.69) is 55.8 Å². The number of anilines is 3. The number of carbonyl (C=O) groups excluding carboxylic acids is 3. The Morgan fingerprint density at radius 1 is 0.468 bits per heavy atom. The van der Waals surface area contributed by atoms with Gasteiger partial charge in [-0.3, -0.25) is 57.3 Å².